The van der Waals surface area contributed by atoms with Gasteiger partial charge in [-0.2, -0.15) is 0 Å². The summed E-state index contributed by atoms with van der Waals surface area (Å²) >= 11 is 4.96. The predicted octanol–water partition coefficient (Wildman–Crippen LogP) is 0.768. The van der Waals surface area contributed by atoms with Gasteiger partial charge >= 0.3 is 0 Å². The first-order chi connectivity index (χ1) is 2.27. The van der Waals surface area contributed by atoms with Crippen molar-refractivity contribution in [3.63, 3.8) is 0 Å². The molecule has 2 heteroatoms. The van der Waals surface area contributed by atoms with Crippen LogP contribution in [-0.4, -0.2) is 10.7 Å². The van der Waals surface area contributed by atoms with Gasteiger partial charge in [0.1, 0.15) is 5.56 Å². The molecule has 1 nitrogen and oxygen atoms in total. The molecule has 0 aromatic rings. The van der Waals surface area contributed by atoms with Gasteiger partial charge in [0, 0.05) is 0 Å². The lowest BCUT2D eigenvalue weighted by Crippen LogP contribution is -1.88. The van der Waals surface area contributed by atoms with Crippen molar-refractivity contribution in [3.05, 3.63) is 6.92 Å². The van der Waals surface area contributed by atoms with E-state index < -0.39 is 5.56 Å². The number of hydrogen-bond acceptors (Lipinski definition) is 1. The maximum absolute atomic E-state index is 8.06. The minimum Gasteiger partial charge on any atom is -0.378 e. The minimum absolute atomic E-state index is 0.377. The van der Waals surface area contributed by atoms with Gasteiger partial charge in [0.05, 0.1) is 0 Å². The average molecular weight is 93.5 g/mol. The van der Waals surface area contributed by atoms with Crippen LogP contribution in [0, 0.1) is 6.92 Å². The SMILES string of the molecule is [CH2]C[C@H](O)Cl. The van der Waals surface area contributed by atoms with E-state index in [1.165, 1.54) is 0 Å². The van der Waals surface area contributed by atoms with E-state index in [-0.39, 0.29) is 0 Å². The largest absolute Gasteiger partial charge is 0.378 e. The molecule has 1 radical (unpaired) electrons. The van der Waals surface area contributed by atoms with Crippen molar-refractivity contribution in [1.82, 2.24) is 0 Å². The molecule has 0 aliphatic carbocycles. The van der Waals surface area contributed by atoms with Gasteiger partial charge in [0.25, 0.3) is 0 Å². The Morgan fingerprint density at radius 3 is 2.20 bits per heavy atom. The van der Waals surface area contributed by atoms with Crippen LogP contribution in [-0.2, 0) is 0 Å². The smallest absolute Gasteiger partial charge is 0.128 e. The molecule has 1 atom stereocenters. The second-order valence-corrected chi connectivity index (χ2v) is 1.23. The molecule has 0 heterocycles. The molecule has 0 rings (SSSR count). The van der Waals surface area contributed by atoms with Gasteiger partial charge in [-0.1, -0.05) is 11.6 Å². The van der Waals surface area contributed by atoms with Crippen molar-refractivity contribution < 1.29 is 5.11 Å². The van der Waals surface area contributed by atoms with Crippen LogP contribution < -0.4 is 0 Å². The first-order valence-corrected chi connectivity index (χ1v) is 1.82. The van der Waals surface area contributed by atoms with Gasteiger partial charge in [-0.25, -0.2) is 0 Å². The molecule has 0 aliphatic heterocycles. The summed E-state index contributed by atoms with van der Waals surface area (Å²) in [5, 5.41) is 8.06. The monoisotopic (exact) mass is 93.0 g/mol. The molecule has 0 fully saturated rings. The van der Waals surface area contributed by atoms with Crippen molar-refractivity contribution in [3.8, 4) is 0 Å². The molecule has 1 N–H and O–H groups in total. The first kappa shape index (κ1) is 5.25. The van der Waals surface area contributed by atoms with Crippen molar-refractivity contribution in [2.75, 3.05) is 0 Å². The van der Waals surface area contributed by atoms with E-state index in [1.807, 2.05) is 0 Å². The van der Waals surface area contributed by atoms with E-state index in [4.69, 9.17) is 16.7 Å². The summed E-state index contributed by atoms with van der Waals surface area (Å²) in [5.41, 5.74) is -0.755. The molecule has 0 spiro atoms. The Kier molecular flexibility index (Phi) is 2.61. The van der Waals surface area contributed by atoms with Gasteiger partial charge in [0.2, 0.25) is 0 Å². The molecule has 0 amide bonds. The highest BCUT2D eigenvalue weighted by Gasteiger charge is 1.85. The number of aliphatic hydroxyl groups excluding tert-OH is 1. The zero-order valence-corrected chi connectivity index (χ0v) is 3.57. The molecule has 0 aromatic carbocycles. The number of aliphatic hydroxyl groups is 1. The fraction of sp³-hybridized carbons (Fsp3) is 0.667. The van der Waals surface area contributed by atoms with Crippen molar-refractivity contribution in [1.29, 1.82) is 0 Å². The fourth-order valence-corrected chi connectivity index (χ4v) is 0. The summed E-state index contributed by atoms with van der Waals surface area (Å²) in [6.45, 7) is 3.30. The van der Waals surface area contributed by atoms with Gasteiger partial charge in [-0.15, -0.1) is 0 Å². The maximum atomic E-state index is 8.06. The van der Waals surface area contributed by atoms with Crippen LogP contribution >= 0.6 is 11.6 Å². The standard InChI is InChI=1S/C3H6ClO/c1-2-3(4)5/h3,5H,1-2H2/t3-/m0/s1. The van der Waals surface area contributed by atoms with E-state index in [9.17, 15) is 0 Å². The van der Waals surface area contributed by atoms with Gasteiger partial charge in [-0.05, 0) is 13.3 Å². The molecule has 5 heavy (non-hydrogen) atoms. The molecule has 0 aliphatic rings. The van der Waals surface area contributed by atoms with Gasteiger partial charge in [-0.3, -0.25) is 0 Å². The van der Waals surface area contributed by atoms with E-state index >= 15 is 0 Å². The highest BCUT2D eigenvalue weighted by molar-refractivity contribution is 6.19. The van der Waals surface area contributed by atoms with Crippen LogP contribution in [0.2, 0.25) is 0 Å². The molecule has 0 bridgehead atoms. The third-order valence-electron chi connectivity index (χ3n) is 0.238. The Labute approximate surface area is 36.6 Å². The Balaban J connectivity index is 2.54. The van der Waals surface area contributed by atoms with Crippen molar-refractivity contribution >= 4 is 11.6 Å². The predicted molar refractivity (Wildman–Crippen MR) is 21.8 cm³/mol. The molecule has 0 saturated heterocycles. The molecule has 0 saturated carbocycles. The normalized spacial score (nSPS) is 15.0. The van der Waals surface area contributed by atoms with E-state index in [0.29, 0.717) is 6.42 Å². The van der Waals surface area contributed by atoms with E-state index in [0.717, 1.165) is 0 Å². The molecule has 0 unspecified atom stereocenters. The van der Waals surface area contributed by atoms with E-state index in [1.54, 1.807) is 0 Å². The zero-order valence-electron chi connectivity index (χ0n) is 2.82. The van der Waals surface area contributed by atoms with Crippen LogP contribution in [0.1, 0.15) is 6.42 Å². The lowest BCUT2D eigenvalue weighted by atomic mass is 10.5. The van der Waals surface area contributed by atoms with Crippen LogP contribution in [0.3, 0.4) is 0 Å². The first-order valence-electron chi connectivity index (χ1n) is 1.38. The van der Waals surface area contributed by atoms with E-state index in [2.05, 4.69) is 6.92 Å². The summed E-state index contributed by atoms with van der Waals surface area (Å²) in [6, 6.07) is 0. The summed E-state index contributed by atoms with van der Waals surface area (Å²) in [4.78, 5) is 0. The quantitative estimate of drug-likeness (QED) is 0.475. The Morgan fingerprint density at radius 2 is 2.20 bits per heavy atom. The summed E-state index contributed by atoms with van der Waals surface area (Å²) in [5.74, 6) is 0. The molecular weight excluding hydrogens is 87.5 g/mol. The lowest BCUT2D eigenvalue weighted by Gasteiger charge is -1.87. The van der Waals surface area contributed by atoms with Crippen LogP contribution in [0.15, 0.2) is 0 Å². The Hall–Kier alpha value is 0.250. The van der Waals surface area contributed by atoms with Gasteiger partial charge < -0.3 is 5.11 Å². The molecule has 0 aromatic heterocycles. The number of hydrogen-bond donors (Lipinski definition) is 1. The zero-order chi connectivity index (χ0) is 4.28. The fourth-order valence-electron chi connectivity index (χ4n) is 0. The van der Waals surface area contributed by atoms with Gasteiger partial charge in [0.15, 0.2) is 0 Å². The number of rotatable bonds is 1. The summed E-state index contributed by atoms with van der Waals surface area (Å²) in [6.07, 6.45) is 0.377. The topological polar surface area (TPSA) is 20.2 Å². The second kappa shape index (κ2) is 2.49. The summed E-state index contributed by atoms with van der Waals surface area (Å²) < 4.78 is 0. The number of halogens is 1. The minimum atomic E-state index is -0.755. The van der Waals surface area contributed by atoms with Crippen LogP contribution in [0.4, 0.5) is 0 Å². The average Bonchev–Trinajstić information content (AvgIpc) is 1.38. The highest BCUT2D eigenvalue weighted by atomic mass is 35.5. The molecular formula is C3H6ClO. The maximum Gasteiger partial charge on any atom is 0.128 e. The Bertz CT molecular complexity index is 20.9. The molecule has 31 valence electrons. The van der Waals surface area contributed by atoms with Crippen LogP contribution in [0.5, 0.6) is 0 Å². The van der Waals surface area contributed by atoms with Crippen LogP contribution in [0.25, 0.3) is 0 Å². The number of alkyl halides is 1. The third-order valence-corrected chi connectivity index (χ3v) is 0.456. The van der Waals surface area contributed by atoms with Crippen molar-refractivity contribution in [2.24, 2.45) is 0 Å². The Morgan fingerprint density at radius 1 is 2.00 bits per heavy atom. The summed E-state index contributed by atoms with van der Waals surface area (Å²) in [7, 11) is 0. The second-order valence-electron chi connectivity index (χ2n) is 0.723. The lowest BCUT2D eigenvalue weighted by molar-refractivity contribution is 0.259. The highest BCUT2D eigenvalue weighted by Crippen LogP contribution is 1.90. The van der Waals surface area contributed by atoms with Crippen molar-refractivity contribution in [2.45, 2.75) is 12.0 Å². The third kappa shape index (κ3) is 4.25.